The quantitative estimate of drug-likeness (QED) is 0.349. The summed E-state index contributed by atoms with van der Waals surface area (Å²) in [4.78, 5) is 11.0. The van der Waals surface area contributed by atoms with Gasteiger partial charge < -0.3 is 47.4 Å². The Bertz CT molecular complexity index is 1130. The third-order valence-electron chi connectivity index (χ3n) is 5.91. The molecule has 0 N–H and O–H groups in total. The first-order chi connectivity index (χ1) is 22.2. The number of ether oxygens (including phenoxy) is 10. The van der Waals surface area contributed by atoms with Crippen LogP contribution in [-0.4, -0.2) is 111 Å². The van der Waals surface area contributed by atoms with Crippen LogP contribution in [0.1, 0.15) is 18.4 Å². The largest absolute Gasteiger partial charge is 0.491 e. The van der Waals surface area contributed by atoms with Crippen molar-refractivity contribution in [1.82, 2.24) is 0 Å². The molecule has 4 heterocycles. The van der Waals surface area contributed by atoms with Crippen LogP contribution in [0.2, 0.25) is 0 Å². The number of benzene rings is 2. The van der Waals surface area contributed by atoms with E-state index in [9.17, 15) is 4.79 Å². The van der Waals surface area contributed by atoms with Gasteiger partial charge in [-0.2, -0.15) is 0 Å². The van der Waals surface area contributed by atoms with Crippen molar-refractivity contribution in [3.63, 3.8) is 0 Å². The van der Waals surface area contributed by atoms with E-state index in [0.29, 0.717) is 129 Å². The first-order valence-electron chi connectivity index (χ1n) is 15.1. The summed E-state index contributed by atoms with van der Waals surface area (Å²) in [6.45, 7) is 6.85. The van der Waals surface area contributed by atoms with E-state index in [1.165, 1.54) is 0 Å². The second-order valence-electron chi connectivity index (χ2n) is 9.35. The molecule has 45 heavy (non-hydrogen) atoms. The Morgan fingerprint density at radius 3 is 1.36 bits per heavy atom. The minimum absolute atomic E-state index is 0.176. The van der Waals surface area contributed by atoms with E-state index < -0.39 is 5.24 Å². The Morgan fingerprint density at radius 1 is 0.533 bits per heavy atom. The number of carbonyl (C=O) groups is 1. The Morgan fingerprint density at radius 2 is 0.911 bits per heavy atom. The molecular formula is C33H43ClO11. The van der Waals surface area contributed by atoms with Gasteiger partial charge in [-0.25, -0.2) is 0 Å². The number of carbonyl (C=O) groups excluding carboxylic acids is 1. The van der Waals surface area contributed by atoms with Gasteiger partial charge in [-0.15, -0.1) is 0 Å². The summed E-state index contributed by atoms with van der Waals surface area (Å²) < 4.78 is 56.5. The highest BCUT2D eigenvalue weighted by molar-refractivity contribution is 6.63. The van der Waals surface area contributed by atoms with E-state index in [-0.39, 0.29) is 6.42 Å². The van der Waals surface area contributed by atoms with Crippen LogP contribution in [-0.2, 0) is 33.2 Å². The average molecular weight is 651 g/mol. The molecular weight excluding hydrogens is 608 g/mol. The molecule has 0 saturated carbocycles. The van der Waals surface area contributed by atoms with Crippen molar-refractivity contribution in [3.05, 3.63) is 48.0 Å². The molecule has 0 aromatic heterocycles. The monoisotopic (exact) mass is 650 g/mol. The van der Waals surface area contributed by atoms with Gasteiger partial charge in [0.15, 0.2) is 0 Å². The van der Waals surface area contributed by atoms with Gasteiger partial charge in [0.05, 0.1) is 84.8 Å². The van der Waals surface area contributed by atoms with E-state index in [1.54, 1.807) is 18.2 Å². The van der Waals surface area contributed by atoms with Crippen molar-refractivity contribution >= 4 is 16.8 Å². The van der Waals surface area contributed by atoms with Gasteiger partial charge in [-0.3, -0.25) is 4.79 Å². The zero-order valence-corrected chi connectivity index (χ0v) is 26.4. The summed E-state index contributed by atoms with van der Waals surface area (Å²) in [6.07, 6.45) is 0.523. The highest BCUT2D eigenvalue weighted by atomic mass is 35.5. The van der Waals surface area contributed by atoms with Gasteiger partial charge in [0.25, 0.3) is 0 Å². The molecule has 2 aromatic carbocycles. The topological polar surface area (TPSA) is 109 Å². The second-order valence-corrected chi connectivity index (χ2v) is 9.78. The van der Waals surface area contributed by atoms with Crippen LogP contribution in [0.25, 0.3) is 0 Å². The summed E-state index contributed by atoms with van der Waals surface area (Å²) in [7, 11) is 0. The van der Waals surface area contributed by atoms with Crippen LogP contribution in [0.15, 0.2) is 42.5 Å². The summed E-state index contributed by atoms with van der Waals surface area (Å²) in [5.41, 5.74) is 0.640. The van der Waals surface area contributed by atoms with Gasteiger partial charge in [0.2, 0.25) is 5.24 Å². The summed E-state index contributed by atoms with van der Waals surface area (Å²) >= 11 is 5.42. The smallest absolute Gasteiger partial charge is 0.222 e. The summed E-state index contributed by atoms with van der Waals surface area (Å²) in [5.74, 6) is 8.71. The molecule has 6 rings (SSSR count). The molecule has 11 nitrogen and oxygen atoms in total. The van der Waals surface area contributed by atoms with E-state index >= 15 is 0 Å². The van der Waals surface area contributed by atoms with Crippen LogP contribution in [0, 0.1) is 11.8 Å². The molecule has 4 aliphatic heterocycles. The molecule has 2 aromatic rings. The minimum atomic E-state index is -0.424. The Balaban J connectivity index is 1.43. The Hall–Kier alpha value is -3.08. The lowest BCUT2D eigenvalue weighted by atomic mass is 10.2. The van der Waals surface area contributed by atoms with Crippen LogP contribution >= 0.6 is 11.6 Å². The molecule has 0 fully saturated rings. The zero-order valence-electron chi connectivity index (χ0n) is 25.6. The van der Waals surface area contributed by atoms with Gasteiger partial charge >= 0.3 is 0 Å². The Kier molecular flexibility index (Phi) is 19.6. The van der Waals surface area contributed by atoms with Crippen molar-refractivity contribution < 1.29 is 52.2 Å². The lowest BCUT2D eigenvalue weighted by molar-refractivity contribution is -0.111. The lowest BCUT2D eigenvalue weighted by Gasteiger charge is -2.12. The molecule has 0 atom stereocenters. The fraction of sp³-hybridized carbons (Fsp3) is 0.545. The Labute approximate surface area is 270 Å². The zero-order chi connectivity index (χ0) is 31.6. The minimum Gasteiger partial charge on any atom is -0.491 e. The number of hydrogen-bond donors (Lipinski definition) is 0. The van der Waals surface area contributed by atoms with Gasteiger partial charge in [0, 0.05) is 12.8 Å². The highest BCUT2D eigenvalue weighted by Crippen LogP contribution is 2.24. The van der Waals surface area contributed by atoms with Crippen molar-refractivity contribution in [2.45, 2.75) is 12.8 Å². The molecule has 12 heteroatoms. The van der Waals surface area contributed by atoms with Crippen LogP contribution in [0.5, 0.6) is 23.0 Å². The normalized spacial score (nSPS) is 17.6. The maximum atomic E-state index is 11.0. The lowest BCUT2D eigenvalue weighted by Crippen LogP contribution is -2.14. The molecule has 248 valence electrons. The van der Waals surface area contributed by atoms with Crippen LogP contribution in [0.4, 0.5) is 0 Å². The van der Waals surface area contributed by atoms with Gasteiger partial charge in [-0.05, 0) is 54.1 Å². The van der Waals surface area contributed by atoms with E-state index in [1.807, 2.05) is 24.3 Å². The number of rotatable bonds is 2. The molecule has 4 aliphatic rings. The van der Waals surface area contributed by atoms with Crippen LogP contribution < -0.4 is 18.9 Å². The predicted molar refractivity (Wildman–Crippen MR) is 167 cm³/mol. The fourth-order valence-corrected chi connectivity index (χ4v) is 3.82. The standard InChI is InChI=1S/C33H43ClO11/c34-33(35)4-2-1-3-28-27-31-9-10-32(28)45-26-22-41-18-14-37-12-16-39-20-24-43-30-7-5-29(6-8-30)42-23-19-38-15-11-36-13-17-40-21-25-44-31/h5-10,27H,2,4,11-26H2. The maximum Gasteiger partial charge on any atom is 0.222 e. The fourth-order valence-electron chi connectivity index (χ4n) is 3.72. The maximum absolute atomic E-state index is 11.0. The molecule has 0 spiro atoms. The van der Waals surface area contributed by atoms with Crippen LogP contribution in [0.3, 0.4) is 0 Å². The molecule has 0 saturated heterocycles. The highest BCUT2D eigenvalue weighted by Gasteiger charge is 2.06. The van der Waals surface area contributed by atoms with E-state index in [0.717, 1.165) is 11.5 Å². The summed E-state index contributed by atoms with van der Waals surface area (Å²) in [5, 5.41) is -0.424. The number of halogens is 1. The number of hydrogen-bond acceptors (Lipinski definition) is 11. The van der Waals surface area contributed by atoms with Crippen molar-refractivity contribution in [3.8, 4) is 34.8 Å². The molecule has 0 amide bonds. The molecule has 0 radical (unpaired) electrons. The molecule has 0 aliphatic carbocycles. The van der Waals surface area contributed by atoms with Crippen molar-refractivity contribution in [2.75, 3.05) is 106 Å². The summed E-state index contributed by atoms with van der Waals surface area (Å²) in [6, 6.07) is 12.8. The molecule has 4 bridgehead atoms. The third-order valence-corrected chi connectivity index (χ3v) is 6.10. The van der Waals surface area contributed by atoms with E-state index in [2.05, 4.69) is 11.8 Å². The predicted octanol–water partition coefficient (Wildman–Crippen LogP) is 3.91. The van der Waals surface area contributed by atoms with Crippen molar-refractivity contribution in [1.29, 1.82) is 0 Å². The SMILES string of the molecule is O=C(Cl)CCC#Cc1cc2ccc1OCCOCCOCCOCCOc1ccc(cc1)OCCOCCOCCOCCO2. The van der Waals surface area contributed by atoms with Gasteiger partial charge in [-0.1, -0.05) is 11.8 Å². The first kappa shape index (κ1) is 36.4. The van der Waals surface area contributed by atoms with Gasteiger partial charge in [0.1, 0.15) is 49.4 Å². The molecule has 0 unspecified atom stereocenters. The average Bonchev–Trinajstić information content (AvgIpc) is 3.04. The second kappa shape index (κ2) is 24.2. The van der Waals surface area contributed by atoms with Crippen molar-refractivity contribution in [2.24, 2.45) is 0 Å². The third kappa shape index (κ3) is 17.9. The first-order valence-corrected chi connectivity index (χ1v) is 15.5. The van der Waals surface area contributed by atoms with E-state index in [4.69, 9.17) is 59.0 Å².